The zero-order valence-electron chi connectivity index (χ0n) is 18.3. The largest absolute Gasteiger partial charge is 0.573 e. The fourth-order valence-corrected chi connectivity index (χ4v) is 3.23. The van der Waals surface area contributed by atoms with Gasteiger partial charge in [-0.05, 0) is 43.5 Å². The second kappa shape index (κ2) is 9.72. The third kappa shape index (κ3) is 6.84. The van der Waals surface area contributed by atoms with E-state index in [-0.39, 0.29) is 54.3 Å². The lowest BCUT2D eigenvalue weighted by atomic mass is 10.2. The van der Waals surface area contributed by atoms with Crippen LogP contribution in [0.5, 0.6) is 11.5 Å². The van der Waals surface area contributed by atoms with Crippen molar-refractivity contribution in [3.63, 3.8) is 0 Å². The molecule has 2 heterocycles. The number of aryl methyl sites for hydroxylation is 1. The average Bonchev–Trinajstić information content (AvgIpc) is 3.58. The van der Waals surface area contributed by atoms with Gasteiger partial charge < -0.3 is 19.5 Å². The van der Waals surface area contributed by atoms with E-state index in [9.17, 15) is 26.3 Å². The van der Waals surface area contributed by atoms with Gasteiger partial charge in [0.1, 0.15) is 23.9 Å². The number of alkyl halides is 6. The van der Waals surface area contributed by atoms with Crippen LogP contribution < -0.4 is 14.8 Å². The summed E-state index contributed by atoms with van der Waals surface area (Å²) in [6.45, 7) is 1.66. The molecule has 2 aromatic heterocycles. The van der Waals surface area contributed by atoms with Crippen molar-refractivity contribution in [1.29, 1.82) is 0 Å². The van der Waals surface area contributed by atoms with Crippen LogP contribution in [-0.2, 0) is 17.5 Å². The third-order valence-electron chi connectivity index (χ3n) is 4.89. The van der Waals surface area contributed by atoms with E-state index in [1.165, 1.54) is 19.1 Å². The van der Waals surface area contributed by atoms with Crippen LogP contribution in [0.3, 0.4) is 0 Å². The second-order valence-electron chi connectivity index (χ2n) is 7.80. The molecule has 0 amide bonds. The maximum absolute atomic E-state index is 13.0. The maximum Gasteiger partial charge on any atom is 0.573 e. The van der Waals surface area contributed by atoms with Crippen LogP contribution in [-0.4, -0.2) is 40.6 Å². The Labute approximate surface area is 195 Å². The Morgan fingerprint density at radius 1 is 1.00 bits per heavy atom. The molecule has 1 aliphatic rings. The van der Waals surface area contributed by atoms with Gasteiger partial charge in [-0.3, -0.25) is 4.98 Å². The molecule has 4 rings (SSSR count). The first-order chi connectivity index (χ1) is 16.5. The topological polar surface area (TPSA) is 78.4 Å². The lowest BCUT2D eigenvalue weighted by Crippen LogP contribution is -2.18. The minimum atomic E-state index is -4.96. The molecule has 1 fully saturated rings. The monoisotopic (exact) mass is 502 g/mol. The molecule has 1 aromatic carbocycles. The minimum absolute atomic E-state index is 0.0110. The van der Waals surface area contributed by atoms with Gasteiger partial charge in [0, 0.05) is 24.2 Å². The van der Waals surface area contributed by atoms with Crippen LogP contribution in [0.25, 0.3) is 10.9 Å². The zero-order chi connectivity index (χ0) is 25.2. The second-order valence-corrected chi connectivity index (χ2v) is 7.80. The summed E-state index contributed by atoms with van der Waals surface area (Å²) in [5.74, 6) is -0.344. The number of pyridine rings is 1. The number of hydrogen-bond donors (Lipinski definition) is 1. The molecule has 1 N–H and O–H groups in total. The summed E-state index contributed by atoms with van der Waals surface area (Å²) in [5.41, 5.74) is -0.632. The van der Waals surface area contributed by atoms with Crippen LogP contribution >= 0.6 is 0 Å². The molecule has 0 radical (unpaired) electrons. The Balaban J connectivity index is 1.61. The molecule has 188 valence electrons. The van der Waals surface area contributed by atoms with E-state index in [0.717, 1.165) is 31.2 Å². The Bertz CT molecular complexity index is 1200. The molecule has 0 bridgehead atoms. The lowest BCUT2D eigenvalue weighted by Gasteiger charge is -2.17. The number of nitrogens with one attached hydrogen (secondary N) is 1. The van der Waals surface area contributed by atoms with Crippen LogP contribution in [0.4, 0.5) is 32.2 Å². The Kier molecular flexibility index (Phi) is 6.88. The molecule has 1 aliphatic carbocycles. The molecule has 0 unspecified atom stereocenters. The summed E-state index contributed by atoms with van der Waals surface area (Å²) in [5, 5.41) is 3.22. The van der Waals surface area contributed by atoms with E-state index < -0.39 is 24.0 Å². The highest BCUT2D eigenvalue weighted by atomic mass is 19.4. The molecule has 0 aliphatic heterocycles. The van der Waals surface area contributed by atoms with Crippen molar-refractivity contribution in [2.75, 3.05) is 18.5 Å². The fraction of sp³-hybridized carbons (Fsp3) is 0.409. The summed E-state index contributed by atoms with van der Waals surface area (Å²) in [6, 6.07) is 4.67. The van der Waals surface area contributed by atoms with Crippen LogP contribution in [0.1, 0.15) is 29.9 Å². The van der Waals surface area contributed by atoms with Crippen molar-refractivity contribution in [2.45, 2.75) is 45.0 Å². The Morgan fingerprint density at radius 2 is 1.77 bits per heavy atom. The number of fused-ring (bicyclic) bond motifs is 1. The van der Waals surface area contributed by atoms with E-state index >= 15 is 0 Å². The van der Waals surface area contributed by atoms with Gasteiger partial charge >= 0.3 is 12.5 Å². The first-order valence-electron chi connectivity index (χ1n) is 10.6. The smallest absolute Gasteiger partial charge is 0.487 e. The summed E-state index contributed by atoms with van der Waals surface area (Å²) >= 11 is 0. The molecule has 0 atom stereocenters. The van der Waals surface area contributed by atoms with E-state index in [0.29, 0.717) is 5.39 Å². The number of rotatable bonds is 9. The summed E-state index contributed by atoms with van der Waals surface area (Å²) in [7, 11) is 0. The van der Waals surface area contributed by atoms with Crippen molar-refractivity contribution in [3.05, 3.63) is 47.5 Å². The predicted octanol–water partition coefficient (Wildman–Crippen LogP) is 5.42. The standard InChI is InChI=1S/C22H20F6N4O3/c1-12-31-16-10-18(35-22(26,27)28)17(34-7-6-33-14-2-3-14)9-15(16)20(32-12)30-11-13-4-5-29-19(8-13)21(23,24)25/h4-5,8-10,14H,2-3,6-7,11H2,1H3,(H,30,31,32). The highest BCUT2D eigenvalue weighted by Gasteiger charge is 2.34. The van der Waals surface area contributed by atoms with Crippen molar-refractivity contribution in [3.8, 4) is 11.5 Å². The van der Waals surface area contributed by atoms with Crippen molar-refractivity contribution in [1.82, 2.24) is 15.0 Å². The number of benzene rings is 1. The zero-order valence-corrected chi connectivity index (χ0v) is 18.3. The SMILES string of the molecule is Cc1nc(NCc2ccnc(C(F)(F)F)c2)c2cc(OCCOC3CC3)c(OC(F)(F)F)cc2n1. The number of ether oxygens (including phenoxy) is 3. The Hall–Kier alpha value is -3.35. The third-order valence-corrected chi connectivity index (χ3v) is 4.89. The van der Waals surface area contributed by atoms with Gasteiger partial charge in [-0.2, -0.15) is 13.2 Å². The van der Waals surface area contributed by atoms with E-state index in [2.05, 4.69) is 25.0 Å². The van der Waals surface area contributed by atoms with Crippen LogP contribution in [0, 0.1) is 6.92 Å². The normalized spacial score (nSPS) is 14.3. The average molecular weight is 502 g/mol. The van der Waals surface area contributed by atoms with Crippen LogP contribution in [0.15, 0.2) is 30.5 Å². The molecular formula is C22H20F6N4O3. The first kappa shape index (κ1) is 24.8. The van der Waals surface area contributed by atoms with Gasteiger partial charge in [0.15, 0.2) is 11.5 Å². The molecular weight excluding hydrogens is 482 g/mol. The summed E-state index contributed by atoms with van der Waals surface area (Å²) < 4.78 is 92.9. The Morgan fingerprint density at radius 3 is 2.46 bits per heavy atom. The molecule has 7 nitrogen and oxygen atoms in total. The summed E-state index contributed by atoms with van der Waals surface area (Å²) in [6.07, 6.45) is -6.49. The van der Waals surface area contributed by atoms with Crippen molar-refractivity contribution in [2.24, 2.45) is 0 Å². The van der Waals surface area contributed by atoms with Gasteiger partial charge in [0.25, 0.3) is 0 Å². The molecule has 35 heavy (non-hydrogen) atoms. The fourth-order valence-electron chi connectivity index (χ4n) is 3.23. The number of halogens is 6. The van der Waals surface area contributed by atoms with Gasteiger partial charge in [-0.1, -0.05) is 0 Å². The number of nitrogens with zero attached hydrogens (tertiary/aromatic N) is 3. The highest BCUT2D eigenvalue weighted by molar-refractivity contribution is 5.91. The van der Waals surface area contributed by atoms with Gasteiger partial charge in [0.2, 0.25) is 0 Å². The number of aromatic nitrogens is 3. The lowest BCUT2D eigenvalue weighted by molar-refractivity contribution is -0.275. The van der Waals surface area contributed by atoms with Gasteiger partial charge in [-0.15, -0.1) is 13.2 Å². The number of anilines is 1. The maximum atomic E-state index is 13.0. The quantitative estimate of drug-likeness (QED) is 0.309. The van der Waals surface area contributed by atoms with E-state index in [4.69, 9.17) is 9.47 Å². The van der Waals surface area contributed by atoms with E-state index in [1.807, 2.05) is 0 Å². The van der Waals surface area contributed by atoms with Crippen LogP contribution in [0.2, 0.25) is 0 Å². The minimum Gasteiger partial charge on any atom is -0.487 e. The highest BCUT2D eigenvalue weighted by Crippen LogP contribution is 2.38. The van der Waals surface area contributed by atoms with Crippen molar-refractivity contribution < 1.29 is 40.6 Å². The van der Waals surface area contributed by atoms with Gasteiger partial charge in [0.05, 0.1) is 18.2 Å². The molecule has 0 saturated heterocycles. The molecule has 0 spiro atoms. The summed E-state index contributed by atoms with van der Waals surface area (Å²) in [4.78, 5) is 11.7. The molecule has 3 aromatic rings. The van der Waals surface area contributed by atoms with E-state index in [1.54, 1.807) is 0 Å². The number of hydrogen-bond acceptors (Lipinski definition) is 7. The van der Waals surface area contributed by atoms with Crippen molar-refractivity contribution >= 4 is 16.7 Å². The van der Waals surface area contributed by atoms with Gasteiger partial charge in [-0.25, -0.2) is 9.97 Å². The first-order valence-corrected chi connectivity index (χ1v) is 10.6. The molecule has 13 heteroatoms. The predicted molar refractivity (Wildman–Crippen MR) is 112 cm³/mol. The molecule has 1 saturated carbocycles.